The first-order valence-electron chi connectivity index (χ1n) is 6.89. The predicted molar refractivity (Wildman–Crippen MR) is 86.7 cm³/mol. The average Bonchev–Trinajstić information content (AvgIpc) is 2.90. The van der Waals surface area contributed by atoms with Crippen LogP contribution in [0.5, 0.6) is 0 Å². The van der Waals surface area contributed by atoms with Crippen LogP contribution in [0.25, 0.3) is 0 Å². The summed E-state index contributed by atoms with van der Waals surface area (Å²) in [4.78, 5) is 1.94. The second kappa shape index (κ2) is 5.81. The predicted octanol–water partition coefficient (Wildman–Crippen LogP) is 2.76. The maximum atomic E-state index is 12.4. The van der Waals surface area contributed by atoms with Crippen LogP contribution < -0.4 is 4.72 Å². The molecule has 0 aliphatic rings. The van der Waals surface area contributed by atoms with E-state index in [1.165, 1.54) is 11.3 Å². The third kappa shape index (κ3) is 3.43. The molecule has 0 aliphatic heterocycles. The van der Waals surface area contributed by atoms with Crippen LogP contribution in [0.1, 0.15) is 33.8 Å². The van der Waals surface area contributed by atoms with Gasteiger partial charge in [-0.15, -0.1) is 11.3 Å². The van der Waals surface area contributed by atoms with E-state index < -0.39 is 15.6 Å². The highest BCUT2D eigenvalue weighted by Crippen LogP contribution is 2.28. The van der Waals surface area contributed by atoms with E-state index in [1.54, 1.807) is 39.8 Å². The van der Waals surface area contributed by atoms with E-state index in [2.05, 4.69) is 4.72 Å². The largest absolute Gasteiger partial charge is 0.466 e. The smallest absolute Gasteiger partial charge is 0.241 e. The molecule has 0 spiro atoms. The Balaban J connectivity index is 2.21. The quantitative estimate of drug-likeness (QED) is 0.875. The van der Waals surface area contributed by atoms with Gasteiger partial charge >= 0.3 is 0 Å². The summed E-state index contributed by atoms with van der Waals surface area (Å²) in [5.74, 6) is 1.27. The van der Waals surface area contributed by atoms with Gasteiger partial charge in [-0.25, -0.2) is 13.1 Å². The minimum absolute atomic E-state index is 0.122. The lowest BCUT2D eigenvalue weighted by Crippen LogP contribution is -2.38. The molecule has 0 saturated heterocycles. The van der Waals surface area contributed by atoms with Crippen molar-refractivity contribution in [1.82, 2.24) is 4.72 Å². The van der Waals surface area contributed by atoms with E-state index in [0.29, 0.717) is 17.1 Å². The van der Waals surface area contributed by atoms with E-state index >= 15 is 0 Å². The third-order valence-electron chi connectivity index (χ3n) is 3.51. The maximum absolute atomic E-state index is 12.4. The average molecular weight is 343 g/mol. The Bertz CT molecular complexity index is 785. The van der Waals surface area contributed by atoms with Crippen LogP contribution in [-0.2, 0) is 15.6 Å². The van der Waals surface area contributed by atoms with Crippen molar-refractivity contribution in [3.63, 3.8) is 0 Å². The summed E-state index contributed by atoms with van der Waals surface area (Å²) in [6.45, 7) is 8.62. The lowest BCUT2D eigenvalue weighted by Gasteiger charge is -2.23. The summed E-state index contributed by atoms with van der Waals surface area (Å²) in [6.07, 6.45) is 0. The summed E-state index contributed by atoms with van der Waals surface area (Å²) in [7, 11) is -3.65. The number of aliphatic hydroxyl groups is 1. The molecule has 7 heteroatoms. The molecular formula is C15H21NO4S2. The van der Waals surface area contributed by atoms with Crippen molar-refractivity contribution in [1.29, 1.82) is 0 Å². The number of thiophene rings is 1. The second-order valence-corrected chi connectivity index (χ2v) is 8.90. The molecule has 2 heterocycles. The maximum Gasteiger partial charge on any atom is 0.241 e. The first kappa shape index (κ1) is 17.2. The number of rotatable bonds is 5. The van der Waals surface area contributed by atoms with Gasteiger partial charge in [0.15, 0.2) is 0 Å². The number of hydrogen-bond donors (Lipinski definition) is 2. The molecule has 0 bridgehead atoms. The molecule has 0 aromatic carbocycles. The fourth-order valence-electron chi connectivity index (χ4n) is 2.45. The van der Waals surface area contributed by atoms with E-state index in [9.17, 15) is 13.5 Å². The van der Waals surface area contributed by atoms with Gasteiger partial charge in [0.2, 0.25) is 10.0 Å². The zero-order valence-electron chi connectivity index (χ0n) is 13.4. The number of sulfonamides is 1. The molecule has 0 aliphatic carbocycles. The third-order valence-corrected chi connectivity index (χ3v) is 6.14. The summed E-state index contributed by atoms with van der Waals surface area (Å²) in [5, 5.41) is 10.6. The Labute approximate surface area is 135 Å². The van der Waals surface area contributed by atoms with Crippen LogP contribution in [-0.4, -0.2) is 20.1 Å². The number of furan rings is 1. The van der Waals surface area contributed by atoms with E-state index in [1.807, 2.05) is 6.92 Å². The van der Waals surface area contributed by atoms with E-state index in [4.69, 9.17) is 4.42 Å². The highest BCUT2D eigenvalue weighted by atomic mass is 32.2. The van der Waals surface area contributed by atoms with Gasteiger partial charge in [0, 0.05) is 21.9 Å². The topological polar surface area (TPSA) is 79.5 Å². The fraction of sp³-hybridized carbons (Fsp3) is 0.467. The lowest BCUT2D eigenvalue weighted by molar-refractivity contribution is 0.0612. The van der Waals surface area contributed by atoms with Crippen molar-refractivity contribution < 1.29 is 17.9 Å². The number of aryl methyl sites for hydroxylation is 4. The van der Waals surface area contributed by atoms with Crippen LogP contribution in [0.15, 0.2) is 21.4 Å². The van der Waals surface area contributed by atoms with Crippen molar-refractivity contribution in [3.8, 4) is 0 Å². The molecule has 122 valence electrons. The molecule has 2 aromatic heterocycles. The molecule has 0 radical (unpaired) electrons. The zero-order valence-corrected chi connectivity index (χ0v) is 15.0. The Morgan fingerprint density at radius 1 is 1.27 bits per heavy atom. The highest BCUT2D eigenvalue weighted by Gasteiger charge is 2.30. The van der Waals surface area contributed by atoms with Crippen molar-refractivity contribution in [2.75, 3.05) is 6.54 Å². The van der Waals surface area contributed by atoms with E-state index in [-0.39, 0.29) is 11.4 Å². The Kier molecular flexibility index (Phi) is 4.54. The zero-order chi connectivity index (χ0) is 16.7. The SMILES string of the molecule is Cc1cc(C(C)(O)CNS(=O)(=O)c2cc(C)sc2C)c(C)o1. The Hall–Kier alpha value is -1.15. The van der Waals surface area contributed by atoms with Crippen LogP contribution in [0.4, 0.5) is 0 Å². The second-order valence-electron chi connectivity index (χ2n) is 5.70. The van der Waals surface area contributed by atoms with Crippen molar-refractivity contribution in [2.24, 2.45) is 0 Å². The van der Waals surface area contributed by atoms with Gasteiger partial charge in [0.25, 0.3) is 0 Å². The number of nitrogens with one attached hydrogen (secondary N) is 1. The summed E-state index contributed by atoms with van der Waals surface area (Å²) < 4.78 is 32.7. The van der Waals surface area contributed by atoms with Gasteiger partial charge in [0.05, 0.1) is 4.90 Å². The van der Waals surface area contributed by atoms with Gasteiger partial charge in [-0.3, -0.25) is 0 Å². The summed E-state index contributed by atoms with van der Waals surface area (Å²) in [6, 6.07) is 3.37. The van der Waals surface area contributed by atoms with Gasteiger partial charge in [0.1, 0.15) is 17.1 Å². The molecule has 22 heavy (non-hydrogen) atoms. The normalized spacial score (nSPS) is 15.0. The monoisotopic (exact) mass is 343 g/mol. The Morgan fingerprint density at radius 2 is 1.91 bits per heavy atom. The van der Waals surface area contributed by atoms with Crippen LogP contribution in [0, 0.1) is 27.7 Å². The minimum Gasteiger partial charge on any atom is -0.466 e. The summed E-state index contributed by atoms with van der Waals surface area (Å²) >= 11 is 1.43. The minimum atomic E-state index is -3.65. The lowest BCUT2D eigenvalue weighted by atomic mass is 9.97. The molecule has 0 fully saturated rings. The fourth-order valence-corrected chi connectivity index (χ4v) is 5.13. The molecule has 2 aromatic rings. The van der Waals surface area contributed by atoms with Gasteiger partial charge in [-0.2, -0.15) is 0 Å². The van der Waals surface area contributed by atoms with Crippen molar-refractivity contribution in [2.45, 2.75) is 45.1 Å². The Morgan fingerprint density at radius 3 is 2.36 bits per heavy atom. The van der Waals surface area contributed by atoms with Crippen molar-refractivity contribution >= 4 is 21.4 Å². The molecule has 1 unspecified atom stereocenters. The first-order valence-corrected chi connectivity index (χ1v) is 9.19. The van der Waals surface area contributed by atoms with Crippen LogP contribution in [0.3, 0.4) is 0 Å². The number of hydrogen-bond acceptors (Lipinski definition) is 5. The van der Waals surface area contributed by atoms with Crippen molar-refractivity contribution in [3.05, 3.63) is 39.0 Å². The van der Waals surface area contributed by atoms with Gasteiger partial charge in [-0.1, -0.05) is 0 Å². The van der Waals surface area contributed by atoms with E-state index in [0.717, 1.165) is 9.75 Å². The standard InChI is InChI=1S/C15H21NO4S2/c1-9-6-13(11(3)20-9)15(5,17)8-16-22(18,19)14-7-10(2)21-12(14)4/h6-7,16-17H,8H2,1-5H3. The van der Waals surface area contributed by atoms with Crippen LogP contribution >= 0.6 is 11.3 Å². The van der Waals surface area contributed by atoms with Crippen LogP contribution in [0.2, 0.25) is 0 Å². The molecule has 5 nitrogen and oxygen atoms in total. The molecule has 2 N–H and O–H groups in total. The molecule has 0 saturated carbocycles. The van der Waals surface area contributed by atoms with Gasteiger partial charge in [-0.05, 0) is 46.8 Å². The molecule has 1 atom stereocenters. The first-order chi connectivity index (χ1) is 10.0. The highest BCUT2D eigenvalue weighted by molar-refractivity contribution is 7.89. The molecule has 0 amide bonds. The molecule has 2 rings (SSSR count). The van der Waals surface area contributed by atoms with Gasteiger partial charge < -0.3 is 9.52 Å². The molecular weight excluding hydrogens is 322 g/mol. The summed E-state index contributed by atoms with van der Waals surface area (Å²) in [5.41, 5.74) is -0.751.